The second kappa shape index (κ2) is 9.77. The molecular weight excluding hydrogens is 454 g/mol. The van der Waals surface area contributed by atoms with E-state index >= 15 is 0 Å². The highest BCUT2D eigenvalue weighted by atomic mass is 16.5. The Morgan fingerprint density at radius 3 is 2.25 bits per heavy atom. The number of benzene rings is 3. The molecule has 1 amide bonds. The van der Waals surface area contributed by atoms with Gasteiger partial charge in [-0.3, -0.25) is 9.36 Å². The summed E-state index contributed by atoms with van der Waals surface area (Å²) in [4.78, 5) is 20.0. The van der Waals surface area contributed by atoms with Gasteiger partial charge in [0.1, 0.15) is 23.1 Å². The van der Waals surface area contributed by atoms with Crippen molar-refractivity contribution in [3.63, 3.8) is 0 Å². The summed E-state index contributed by atoms with van der Waals surface area (Å²) in [7, 11) is 4.88. The van der Waals surface area contributed by atoms with Gasteiger partial charge in [-0.05, 0) is 49.2 Å². The van der Waals surface area contributed by atoms with E-state index in [-0.39, 0.29) is 5.91 Å². The standard InChI is InChI=1S/C29H29N3O4/c1-19-30-24-16-21(10-11-25(24)32(19)22-8-6-5-7-9-22)29(33)31-14-12-20(13-15-31)28-26(35-3)17-23(34-2)18-27(28)36-4/h5-12,16-18H,13-15H2,1-4H3. The molecule has 0 radical (unpaired) electrons. The number of methoxy groups -OCH3 is 3. The summed E-state index contributed by atoms with van der Waals surface area (Å²) in [6.45, 7) is 3.08. The van der Waals surface area contributed by atoms with Crippen LogP contribution >= 0.6 is 0 Å². The number of para-hydroxylation sites is 1. The van der Waals surface area contributed by atoms with Crippen LogP contribution in [0.5, 0.6) is 17.2 Å². The van der Waals surface area contributed by atoms with Gasteiger partial charge < -0.3 is 19.1 Å². The van der Waals surface area contributed by atoms with Gasteiger partial charge in [-0.15, -0.1) is 0 Å². The zero-order valence-electron chi connectivity index (χ0n) is 20.9. The highest BCUT2D eigenvalue weighted by Gasteiger charge is 2.24. The van der Waals surface area contributed by atoms with E-state index in [1.165, 1.54) is 0 Å². The zero-order chi connectivity index (χ0) is 25.2. The Kier molecular flexibility index (Phi) is 6.38. The third-order valence-electron chi connectivity index (χ3n) is 6.62. The fraction of sp³-hybridized carbons (Fsp3) is 0.241. The number of fused-ring (bicyclic) bond motifs is 1. The minimum Gasteiger partial charge on any atom is -0.496 e. The van der Waals surface area contributed by atoms with Crippen molar-refractivity contribution in [2.75, 3.05) is 34.4 Å². The van der Waals surface area contributed by atoms with Gasteiger partial charge in [-0.1, -0.05) is 24.3 Å². The van der Waals surface area contributed by atoms with Crippen molar-refractivity contribution in [1.29, 1.82) is 0 Å². The van der Waals surface area contributed by atoms with Crippen LogP contribution < -0.4 is 14.2 Å². The van der Waals surface area contributed by atoms with Gasteiger partial charge >= 0.3 is 0 Å². The highest BCUT2D eigenvalue weighted by molar-refractivity contribution is 5.98. The topological polar surface area (TPSA) is 65.8 Å². The molecule has 184 valence electrons. The van der Waals surface area contributed by atoms with Crippen LogP contribution in [0.15, 0.2) is 66.7 Å². The molecule has 0 unspecified atom stereocenters. The summed E-state index contributed by atoms with van der Waals surface area (Å²) in [6.07, 6.45) is 2.76. The highest BCUT2D eigenvalue weighted by Crippen LogP contribution is 2.41. The number of rotatable bonds is 6. The van der Waals surface area contributed by atoms with Gasteiger partial charge in [0.15, 0.2) is 0 Å². The van der Waals surface area contributed by atoms with E-state index in [2.05, 4.69) is 22.8 Å². The first kappa shape index (κ1) is 23.5. The SMILES string of the molecule is COc1cc(OC)c(C2=CCN(C(=O)c3ccc4c(c3)nc(C)n4-c3ccccc3)CC2)c(OC)c1. The van der Waals surface area contributed by atoms with Crippen LogP contribution in [0.25, 0.3) is 22.3 Å². The van der Waals surface area contributed by atoms with Crippen molar-refractivity contribution >= 4 is 22.5 Å². The number of aromatic nitrogens is 2. The van der Waals surface area contributed by atoms with Gasteiger partial charge in [-0.2, -0.15) is 0 Å². The van der Waals surface area contributed by atoms with Gasteiger partial charge in [0.05, 0.1) is 37.9 Å². The average molecular weight is 484 g/mol. The van der Waals surface area contributed by atoms with Crippen molar-refractivity contribution in [3.05, 3.63) is 83.7 Å². The molecule has 0 fully saturated rings. The summed E-state index contributed by atoms with van der Waals surface area (Å²) >= 11 is 0. The van der Waals surface area contributed by atoms with Crippen LogP contribution in [-0.2, 0) is 0 Å². The average Bonchev–Trinajstić information content (AvgIpc) is 3.27. The number of hydrogen-bond acceptors (Lipinski definition) is 5. The number of ether oxygens (including phenoxy) is 3. The maximum absolute atomic E-state index is 13.4. The van der Waals surface area contributed by atoms with Crippen LogP contribution in [0.1, 0.15) is 28.2 Å². The molecule has 7 heteroatoms. The summed E-state index contributed by atoms with van der Waals surface area (Å²) in [5, 5.41) is 0. The van der Waals surface area contributed by atoms with Gasteiger partial charge in [0.25, 0.3) is 5.91 Å². The molecule has 1 aromatic heterocycles. The molecule has 4 aromatic rings. The smallest absolute Gasteiger partial charge is 0.254 e. The van der Waals surface area contributed by atoms with Crippen LogP contribution in [0.4, 0.5) is 0 Å². The number of amides is 1. The lowest BCUT2D eigenvalue weighted by atomic mass is 9.96. The van der Waals surface area contributed by atoms with E-state index in [1.807, 2.05) is 60.4 Å². The van der Waals surface area contributed by atoms with Crippen LogP contribution in [0.2, 0.25) is 0 Å². The zero-order valence-corrected chi connectivity index (χ0v) is 20.9. The molecule has 5 rings (SSSR count). The molecule has 1 aliphatic rings. The first-order valence-electron chi connectivity index (χ1n) is 11.9. The summed E-state index contributed by atoms with van der Waals surface area (Å²) in [5.41, 5.74) is 5.46. The van der Waals surface area contributed by atoms with E-state index in [0.717, 1.165) is 33.7 Å². The fourth-order valence-corrected chi connectivity index (χ4v) is 4.82. The lowest BCUT2D eigenvalue weighted by Crippen LogP contribution is -2.34. The molecule has 0 saturated heterocycles. The number of aryl methyl sites for hydroxylation is 1. The second-order valence-corrected chi connectivity index (χ2v) is 8.67. The summed E-state index contributed by atoms with van der Waals surface area (Å²) in [5.74, 6) is 2.92. The van der Waals surface area contributed by atoms with Gasteiger partial charge in [0, 0.05) is 36.5 Å². The Bertz CT molecular complexity index is 1430. The van der Waals surface area contributed by atoms with Crippen LogP contribution in [0.3, 0.4) is 0 Å². The molecule has 3 aromatic carbocycles. The van der Waals surface area contributed by atoms with Crippen molar-refractivity contribution in [3.8, 4) is 22.9 Å². The molecule has 0 aliphatic carbocycles. The monoisotopic (exact) mass is 483 g/mol. The molecule has 1 aliphatic heterocycles. The van der Waals surface area contributed by atoms with E-state index in [9.17, 15) is 4.79 Å². The van der Waals surface area contributed by atoms with Gasteiger partial charge in [0.2, 0.25) is 0 Å². The van der Waals surface area contributed by atoms with E-state index in [4.69, 9.17) is 19.2 Å². The second-order valence-electron chi connectivity index (χ2n) is 8.67. The van der Waals surface area contributed by atoms with E-state index in [0.29, 0.717) is 42.3 Å². The van der Waals surface area contributed by atoms with Crippen molar-refractivity contribution < 1.29 is 19.0 Å². The molecule has 0 atom stereocenters. The molecule has 0 saturated carbocycles. The Morgan fingerprint density at radius 2 is 1.64 bits per heavy atom. The maximum atomic E-state index is 13.4. The van der Waals surface area contributed by atoms with Gasteiger partial charge in [-0.25, -0.2) is 4.98 Å². The number of carbonyl (C=O) groups is 1. The molecule has 7 nitrogen and oxygen atoms in total. The van der Waals surface area contributed by atoms with Crippen LogP contribution in [0, 0.1) is 6.92 Å². The molecule has 36 heavy (non-hydrogen) atoms. The minimum absolute atomic E-state index is 0.00669. The largest absolute Gasteiger partial charge is 0.496 e. The number of imidazole rings is 1. The predicted molar refractivity (Wildman–Crippen MR) is 140 cm³/mol. The normalized spacial score (nSPS) is 13.4. The quantitative estimate of drug-likeness (QED) is 0.373. The first-order valence-corrected chi connectivity index (χ1v) is 11.9. The Labute approximate surface area is 210 Å². The number of carbonyl (C=O) groups excluding carboxylic acids is 1. The van der Waals surface area contributed by atoms with Crippen LogP contribution in [-0.4, -0.2) is 54.8 Å². The number of nitrogens with zero attached hydrogens (tertiary/aromatic N) is 3. The minimum atomic E-state index is -0.00669. The lowest BCUT2D eigenvalue weighted by molar-refractivity contribution is 0.0773. The predicted octanol–water partition coefficient (Wildman–Crippen LogP) is 5.29. The molecule has 0 spiro atoms. The van der Waals surface area contributed by atoms with E-state index < -0.39 is 0 Å². The Hall–Kier alpha value is -4.26. The first-order chi connectivity index (χ1) is 17.5. The number of hydrogen-bond donors (Lipinski definition) is 0. The molecular formula is C29H29N3O4. The third kappa shape index (κ3) is 4.17. The fourth-order valence-electron chi connectivity index (χ4n) is 4.82. The maximum Gasteiger partial charge on any atom is 0.254 e. The molecule has 0 N–H and O–H groups in total. The Balaban J connectivity index is 1.40. The molecule has 0 bridgehead atoms. The van der Waals surface area contributed by atoms with Crippen molar-refractivity contribution in [2.45, 2.75) is 13.3 Å². The summed E-state index contributed by atoms with van der Waals surface area (Å²) < 4.78 is 18.7. The lowest BCUT2D eigenvalue weighted by Gasteiger charge is -2.28. The summed E-state index contributed by atoms with van der Waals surface area (Å²) in [6, 6.07) is 19.6. The van der Waals surface area contributed by atoms with Crippen molar-refractivity contribution in [2.24, 2.45) is 0 Å². The third-order valence-corrected chi connectivity index (χ3v) is 6.62. The van der Waals surface area contributed by atoms with E-state index in [1.54, 1.807) is 21.3 Å². The molecule has 2 heterocycles. The van der Waals surface area contributed by atoms with Crippen molar-refractivity contribution in [1.82, 2.24) is 14.5 Å². The Morgan fingerprint density at radius 1 is 0.917 bits per heavy atom.